The van der Waals surface area contributed by atoms with Gasteiger partial charge >= 0.3 is 5.97 Å². The predicted octanol–water partition coefficient (Wildman–Crippen LogP) is 4.61. The molecule has 1 amide bonds. The summed E-state index contributed by atoms with van der Waals surface area (Å²) in [5.74, 6) is -1.98. The Balaban J connectivity index is 2.01. The van der Waals surface area contributed by atoms with Gasteiger partial charge in [-0.3, -0.25) is 14.4 Å². The smallest absolute Gasteiger partial charge is 0.313 e. The molecule has 0 saturated carbocycles. The fraction of sp³-hybridized carbons (Fsp3) is 0.333. The summed E-state index contributed by atoms with van der Waals surface area (Å²) in [5, 5.41) is 15.1. The van der Waals surface area contributed by atoms with Crippen LogP contribution >= 0.6 is 0 Å². The third-order valence-electron chi connectivity index (χ3n) is 6.31. The standard InChI is InChI=1S/C30H34FN3O5/c1-19(2)28-26(15-14-24(35)16-25(36)17-27(37)39-5)34(23-12-10-22(31)11-13-23)32-29(28)30(38)33(4)18-21-9-7-6-8-20(21)3/h6-15,19,24,35H,16-18H2,1-5H3. The van der Waals surface area contributed by atoms with Gasteiger partial charge in [-0.05, 0) is 54.3 Å². The molecule has 2 aromatic carbocycles. The van der Waals surface area contributed by atoms with Crippen molar-refractivity contribution < 1.29 is 28.6 Å². The molecule has 0 saturated heterocycles. The first kappa shape index (κ1) is 29.4. The van der Waals surface area contributed by atoms with Crippen molar-refractivity contribution in [3.05, 3.63) is 88.5 Å². The molecule has 9 heteroatoms. The Kier molecular flexibility index (Phi) is 9.89. The van der Waals surface area contributed by atoms with E-state index >= 15 is 0 Å². The number of halogens is 1. The van der Waals surface area contributed by atoms with Gasteiger partial charge in [-0.2, -0.15) is 5.10 Å². The quantitative estimate of drug-likeness (QED) is 0.284. The minimum atomic E-state index is -1.18. The topological polar surface area (TPSA) is 102 Å². The number of amides is 1. The Hall–Kier alpha value is -4.11. The summed E-state index contributed by atoms with van der Waals surface area (Å²) in [6.45, 7) is 6.23. The molecule has 1 aromatic heterocycles. The number of benzene rings is 2. The normalized spacial score (nSPS) is 12.1. The van der Waals surface area contributed by atoms with Crippen LogP contribution in [0.3, 0.4) is 0 Å². The third-order valence-corrected chi connectivity index (χ3v) is 6.31. The van der Waals surface area contributed by atoms with E-state index in [1.54, 1.807) is 30.2 Å². The maximum Gasteiger partial charge on any atom is 0.313 e. The van der Waals surface area contributed by atoms with Gasteiger partial charge in [-0.25, -0.2) is 9.07 Å². The number of Topliss-reactive ketones (excluding diaryl/α,β-unsaturated/α-hetero) is 1. The molecule has 0 radical (unpaired) electrons. The van der Waals surface area contributed by atoms with Crippen LogP contribution in [0, 0.1) is 12.7 Å². The van der Waals surface area contributed by atoms with Gasteiger partial charge in [0.15, 0.2) is 5.69 Å². The van der Waals surface area contributed by atoms with Gasteiger partial charge < -0.3 is 14.7 Å². The molecule has 8 nitrogen and oxygen atoms in total. The number of carbonyl (C=O) groups excluding carboxylic acids is 3. The third kappa shape index (κ3) is 7.48. The highest BCUT2D eigenvalue weighted by Gasteiger charge is 2.27. The molecule has 1 N–H and O–H groups in total. The summed E-state index contributed by atoms with van der Waals surface area (Å²) < 4.78 is 19.7. The van der Waals surface area contributed by atoms with Crippen LogP contribution in [0.25, 0.3) is 11.8 Å². The number of ether oxygens (including phenoxy) is 1. The van der Waals surface area contributed by atoms with Crippen molar-refractivity contribution in [1.82, 2.24) is 14.7 Å². The Morgan fingerprint density at radius 1 is 1.13 bits per heavy atom. The molecule has 206 valence electrons. The van der Waals surface area contributed by atoms with Crippen LogP contribution in [-0.4, -0.2) is 57.7 Å². The minimum Gasteiger partial charge on any atom is -0.469 e. The molecular weight excluding hydrogens is 501 g/mol. The van der Waals surface area contributed by atoms with Crippen molar-refractivity contribution in [2.24, 2.45) is 0 Å². The van der Waals surface area contributed by atoms with Crippen molar-refractivity contribution in [3.8, 4) is 5.69 Å². The van der Waals surface area contributed by atoms with Gasteiger partial charge in [0.05, 0.1) is 24.6 Å². The summed E-state index contributed by atoms with van der Waals surface area (Å²) in [4.78, 5) is 38.7. The van der Waals surface area contributed by atoms with Gasteiger partial charge in [-0.15, -0.1) is 0 Å². The zero-order valence-corrected chi connectivity index (χ0v) is 22.8. The highest BCUT2D eigenvalue weighted by molar-refractivity contribution is 5.96. The van der Waals surface area contributed by atoms with E-state index in [2.05, 4.69) is 9.84 Å². The van der Waals surface area contributed by atoms with Crippen LogP contribution in [0.2, 0.25) is 0 Å². The number of rotatable bonds is 11. The lowest BCUT2D eigenvalue weighted by Crippen LogP contribution is -2.28. The molecule has 0 spiro atoms. The number of esters is 1. The van der Waals surface area contributed by atoms with Gasteiger partial charge in [0, 0.05) is 25.6 Å². The van der Waals surface area contributed by atoms with E-state index in [4.69, 9.17) is 0 Å². The first-order valence-electron chi connectivity index (χ1n) is 12.6. The summed E-state index contributed by atoms with van der Waals surface area (Å²) in [6, 6.07) is 13.5. The number of nitrogens with zero attached hydrogens (tertiary/aromatic N) is 3. The Labute approximate surface area is 227 Å². The second-order valence-corrected chi connectivity index (χ2v) is 9.70. The minimum absolute atomic E-state index is 0.136. The van der Waals surface area contributed by atoms with Gasteiger partial charge in [0.2, 0.25) is 0 Å². The fourth-order valence-corrected chi connectivity index (χ4v) is 4.21. The van der Waals surface area contributed by atoms with Crippen LogP contribution in [0.5, 0.6) is 0 Å². The molecule has 0 fully saturated rings. The molecule has 1 heterocycles. The number of hydrogen-bond donors (Lipinski definition) is 1. The number of aromatic nitrogens is 2. The average Bonchev–Trinajstić information content (AvgIpc) is 3.28. The SMILES string of the molecule is COC(=O)CC(=O)CC(O)C=Cc1c(C(C)C)c(C(=O)N(C)Cc2ccccc2C)nn1-c1ccc(F)cc1. The van der Waals surface area contributed by atoms with Gasteiger partial charge in [0.1, 0.15) is 18.0 Å². The van der Waals surface area contributed by atoms with Crippen molar-refractivity contribution in [2.75, 3.05) is 14.2 Å². The molecule has 39 heavy (non-hydrogen) atoms. The molecule has 3 rings (SSSR count). The number of hydrogen-bond acceptors (Lipinski definition) is 6. The zero-order valence-electron chi connectivity index (χ0n) is 22.8. The van der Waals surface area contributed by atoms with Gasteiger partial charge in [0.25, 0.3) is 5.91 Å². The summed E-state index contributed by atoms with van der Waals surface area (Å²) in [6.07, 6.45) is 1.13. The van der Waals surface area contributed by atoms with E-state index in [0.29, 0.717) is 23.5 Å². The van der Waals surface area contributed by atoms with E-state index in [1.807, 2.05) is 45.0 Å². The second-order valence-electron chi connectivity index (χ2n) is 9.70. The zero-order chi connectivity index (χ0) is 28.7. The van der Waals surface area contributed by atoms with Crippen LogP contribution in [0.1, 0.15) is 65.5 Å². The molecular formula is C30H34FN3O5. The highest BCUT2D eigenvalue weighted by atomic mass is 19.1. The van der Waals surface area contributed by atoms with Crippen molar-refractivity contribution in [1.29, 1.82) is 0 Å². The molecule has 0 aliphatic rings. The lowest BCUT2D eigenvalue weighted by atomic mass is 9.98. The van der Waals surface area contributed by atoms with Crippen molar-refractivity contribution in [2.45, 2.75) is 52.2 Å². The molecule has 1 unspecified atom stereocenters. The lowest BCUT2D eigenvalue weighted by Gasteiger charge is -2.19. The average molecular weight is 536 g/mol. The fourth-order valence-electron chi connectivity index (χ4n) is 4.21. The number of methoxy groups -OCH3 is 1. The van der Waals surface area contributed by atoms with Crippen LogP contribution < -0.4 is 0 Å². The van der Waals surface area contributed by atoms with Crippen molar-refractivity contribution in [3.63, 3.8) is 0 Å². The van der Waals surface area contributed by atoms with Crippen LogP contribution in [0.15, 0.2) is 54.6 Å². The maximum absolute atomic E-state index is 13.7. The maximum atomic E-state index is 13.7. The number of aliphatic hydroxyl groups is 1. The molecule has 0 aliphatic heterocycles. The molecule has 0 aliphatic carbocycles. The van der Waals surface area contributed by atoms with Crippen LogP contribution in [0.4, 0.5) is 4.39 Å². The number of aliphatic hydroxyl groups excluding tert-OH is 1. The summed E-state index contributed by atoms with van der Waals surface area (Å²) >= 11 is 0. The Bertz CT molecular complexity index is 1360. The lowest BCUT2D eigenvalue weighted by molar-refractivity contribution is -0.143. The van der Waals surface area contributed by atoms with E-state index in [1.165, 1.54) is 30.0 Å². The Morgan fingerprint density at radius 3 is 2.41 bits per heavy atom. The number of ketones is 1. The Morgan fingerprint density at radius 2 is 1.79 bits per heavy atom. The molecule has 0 bridgehead atoms. The predicted molar refractivity (Wildman–Crippen MR) is 146 cm³/mol. The van der Waals surface area contributed by atoms with Crippen LogP contribution in [-0.2, 0) is 20.9 Å². The first-order valence-corrected chi connectivity index (χ1v) is 12.6. The largest absolute Gasteiger partial charge is 0.469 e. The highest BCUT2D eigenvalue weighted by Crippen LogP contribution is 2.29. The summed E-state index contributed by atoms with van der Waals surface area (Å²) in [7, 11) is 2.90. The second kappa shape index (κ2) is 13.1. The van der Waals surface area contributed by atoms with Gasteiger partial charge in [-0.1, -0.05) is 44.2 Å². The number of aryl methyl sites for hydroxylation is 1. The van der Waals surface area contributed by atoms with E-state index in [-0.39, 0.29) is 23.9 Å². The summed E-state index contributed by atoms with van der Waals surface area (Å²) in [5.41, 5.74) is 4.00. The first-order chi connectivity index (χ1) is 18.5. The number of carbonyl (C=O) groups is 3. The molecule has 1 atom stereocenters. The van der Waals surface area contributed by atoms with Crippen molar-refractivity contribution >= 4 is 23.7 Å². The van der Waals surface area contributed by atoms with E-state index < -0.39 is 30.1 Å². The molecule has 3 aromatic rings. The van der Waals surface area contributed by atoms with E-state index in [9.17, 15) is 23.9 Å². The van der Waals surface area contributed by atoms with E-state index in [0.717, 1.165) is 11.1 Å². The monoisotopic (exact) mass is 535 g/mol.